The number of ether oxygens (including phenoxy) is 1. The second-order valence-corrected chi connectivity index (χ2v) is 9.39. The fraction of sp³-hybridized carbons (Fsp3) is 0.708. The minimum Gasteiger partial charge on any atom is -0.395 e. The van der Waals surface area contributed by atoms with E-state index in [0.29, 0.717) is 26.1 Å². The van der Waals surface area contributed by atoms with Crippen molar-refractivity contribution in [2.45, 2.75) is 56.8 Å². The van der Waals surface area contributed by atoms with E-state index in [1.54, 1.807) is 16.8 Å². The summed E-state index contributed by atoms with van der Waals surface area (Å²) in [5.74, 6) is -2.09. The first-order chi connectivity index (χ1) is 15.4. The molecule has 32 heavy (non-hydrogen) atoms. The van der Waals surface area contributed by atoms with Crippen LogP contribution in [0.4, 0.5) is 0 Å². The number of fused-ring (bicyclic) bond motifs is 2. The zero-order chi connectivity index (χ0) is 23.1. The second kappa shape index (κ2) is 8.63. The Kier molecular flexibility index (Phi) is 6.20. The van der Waals surface area contributed by atoms with Gasteiger partial charge in [0.25, 0.3) is 0 Å². The summed E-state index contributed by atoms with van der Waals surface area (Å²) < 4.78 is 6.78. The van der Waals surface area contributed by atoms with Crippen LogP contribution in [0.25, 0.3) is 0 Å². The third-order valence-corrected chi connectivity index (χ3v) is 7.60. The summed E-state index contributed by atoms with van der Waals surface area (Å²) in [5, 5.41) is 9.70. The minimum atomic E-state index is -1.22. The summed E-state index contributed by atoms with van der Waals surface area (Å²) in [7, 11) is 1.73. The number of nitrogens with zero attached hydrogens (tertiary/aromatic N) is 3. The van der Waals surface area contributed by atoms with Crippen LogP contribution < -0.4 is 0 Å². The van der Waals surface area contributed by atoms with Crippen LogP contribution in [0.2, 0.25) is 0 Å². The molecule has 0 aromatic carbocycles. The molecule has 2 fully saturated rings. The van der Waals surface area contributed by atoms with Gasteiger partial charge < -0.3 is 24.5 Å². The van der Waals surface area contributed by atoms with Crippen molar-refractivity contribution >= 4 is 17.7 Å². The largest absolute Gasteiger partial charge is 0.395 e. The third kappa shape index (κ3) is 3.22. The Bertz CT molecular complexity index is 841. The number of hydrogen-bond acceptors (Lipinski definition) is 5. The second-order valence-electron chi connectivity index (χ2n) is 9.39. The van der Waals surface area contributed by atoms with E-state index in [1.807, 2.05) is 31.2 Å². The maximum atomic E-state index is 13.8. The summed E-state index contributed by atoms with van der Waals surface area (Å²) in [6.45, 7) is 5.38. The van der Waals surface area contributed by atoms with Crippen LogP contribution in [0.3, 0.4) is 0 Å². The monoisotopic (exact) mass is 445 g/mol. The summed E-state index contributed by atoms with van der Waals surface area (Å²) in [6, 6.07) is -0.880. The highest BCUT2D eigenvalue weighted by Crippen LogP contribution is 2.58. The fourth-order valence-corrected chi connectivity index (χ4v) is 6.03. The van der Waals surface area contributed by atoms with Gasteiger partial charge in [-0.2, -0.15) is 0 Å². The normalized spacial score (nSPS) is 36.3. The van der Waals surface area contributed by atoms with Crippen molar-refractivity contribution in [2.24, 2.45) is 11.8 Å². The zero-order valence-electron chi connectivity index (χ0n) is 19.3. The number of amides is 3. The Morgan fingerprint density at radius 1 is 1.00 bits per heavy atom. The van der Waals surface area contributed by atoms with Gasteiger partial charge in [0.1, 0.15) is 11.6 Å². The molecule has 8 heteroatoms. The number of hydrogen-bond donors (Lipinski definition) is 1. The molecular formula is C24H35N3O5. The van der Waals surface area contributed by atoms with Gasteiger partial charge in [-0.25, -0.2) is 0 Å². The van der Waals surface area contributed by atoms with E-state index >= 15 is 0 Å². The molecular weight excluding hydrogens is 410 g/mol. The van der Waals surface area contributed by atoms with Crippen LogP contribution in [-0.2, 0) is 19.1 Å². The average molecular weight is 446 g/mol. The molecule has 4 heterocycles. The lowest BCUT2D eigenvalue weighted by molar-refractivity contribution is -0.154. The van der Waals surface area contributed by atoms with Gasteiger partial charge in [-0.1, -0.05) is 51.0 Å². The maximum absolute atomic E-state index is 13.8. The molecule has 3 amide bonds. The van der Waals surface area contributed by atoms with E-state index in [-0.39, 0.29) is 30.9 Å². The molecule has 4 aliphatic rings. The van der Waals surface area contributed by atoms with Crippen LogP contribution in [0.1, 0.15) is 39.5 Å². The van der Waals surface area contributed by atoms with Crippen molar-refractivity contribution in [3.05, 3.63) is 24.3 Å². The van der Waals surface area contributed by atoms with E-state index in [1.165, 1.54) is 4.90 Å². The standard InChI is InChI=1S/C24H35N3O5/c1-4-6-7-13-26-14-9-11-24-18(21(30)27(15-16-28)19(24)22(26)31)17-20(29)25(3)12-8-10-23(17,5-2)32-24/h8-11,17-19,28H,4-7,12-16H2,1-3H3/t17-,18-,19?,23+,24-/m0/s1. The van der Waals surface area contributed by atoms with E-state index in [0.717, 1.165) is 19.3 Å². The Morgan fingerprint density at radius 3 is 2.44 bits per heavy atom. The maximum Gasteiger partial charge on any atom is 0.249 e. The Balaban J connectivity index is 1.81. The van der Waals surface area contributed by atoms with Gasteiger partial charge in [-0.3, -0.25) is 14.4 Å². The van der Waals surface area contributed by atoms with Gasteiger partial charge in [-0.05, 0) is 12.8 Å². The van der Waals surface area contributed by atoms with Crippen LogP contribution in [0, 0.1) is 11.8 Å². The molecule has 0 aromatic rings. The highest BCUT2D eigenvalue weighted by Gasteiger charge is 2.75. The van der Waals surface area contributed by atoms with E-state index in [4.69, 9.17) is 4.74 Å². The van der Waals surface area contributed by atoms with Crippen LogP contribution in [-0.4, -0.2) is 94.6 Å². The highest BCUT2D eigenvalue weighted by molar-refractivity contribution is 6.00. The zero-order valence-corrected chi connectivity index (χ0v) is 19.3. The van der Waals surface area contributed by atoms with Gasteiger partial charge in [0, 0.05) is 33.2 Å². The number of likely N-dealkylation sites (N-methyl/N-ethyl adjacent to an activating group) is 1. The molecule has 0 bridgehead atoms. The van der Waals surface area contributed by atoms with Crippen molar-refractivity contribution in [1.29, 1.82) is 0 Å². The first-order valence-electron chi connectivity index (χ1n) is 11.9. The molecule has 2 saturated heterocycles. The molecule has 1 unspecified atom stereocenters. The molecule has 8 nitrogen and oxygen atoms in total. The molecule has 5 atom stereocenters. The molecule has 1 N–H and O–H groups in total. The number of unbranched alkanes of at least 4 members (excludes halogenated alkanes) is 2. The lowest BCUT2D eigenvalue weighted by Crippen LogP contribution is -2.56. The van der Waals surface area contributed by atoms with Crippen molar-refractivity contribution in [1.82, 2.24) is 14.7 Å². The fourth-order valence-electron chi connectivity index (χ4n) is 6.03. The summed E-state index contributed by atoms with van der Waals surface area (Å²) >= 11 is 0. The Morgan fingerprint density at radius 2 is 1.75 bits per heavy atom. The van der Waals surface area contributed by atoms with Gasteiger partial charge >= 0.3 is 0 Å². The number of rotatable bonds is 7. The van der Waals surface area contributed by atoms with Gasteiger partial charge in [-0.15, -0.1) is 0 Å². The number of carbonyl (C=O) groups is 3. The molecule has 1 spiro atoms. The van der Waals surface area contributed by atoms with Crippen LogP contribution >= 0.6 is 0 Å². The average Bonchev–Trinajstić information content (AvgIpc) is 3.07. The Hall–Kier alpha value is -2.19. The van der Waals surface area contributed by atoms with Gasteiger partial charge in [0.2, 0.25) is 17.7 Å². The quantitative estimate of drug-likeness (QED) is 0.466. The van der Waals surface area contributed by atoms with E-state index < -0.39 is 29.1 Å². The van der Waals surface area contributed by atoms with Crippen molar-refractivity contribution in [3.8, 4) is 0 Å². The summed E-state index contributed by atoms with van der Waals surface area (Å²) in [6.07, 6.45) is 11.1. The van der Waals surface area contributed by atoms with Crippen molar-refractivity contribution in [2.75, 3.05) is 39.8 Å². The first-order valence-corrected chi connectivity index (χ1v) is 11.9. The Labute approximate surface area is 189 Å². The van der Waals surface area contributed by atoms with Gasteiger partial charge in [0.05, 0.1) is 24.0 Å². The van der Waals surface area contributed by atoms with Crippen LogP contribution in [0.15, 0.2) is 24.3 Å². The van der Waals surface area contributed by atoms with E-state index in [9.17, 15) is 19.5 Å². The molecule has 0 aliphatic carbocycles. The molecule has 176 valence electrons. The van der Waals surface area contributed by atoms with Crippen LogP contribution in [0.5, 0.6) is 0 Å². The van der Waals surface area contributed by atoms with Crippen molar-refractivity contribution in [3.63, 3.8) is 0 Å². The molecule has 4 rings (SSSR count). The molecule has 4 aliphatic heterocycles. The van der Waals surface area contributed by atoms with E-state index in [2.05, 4.69) is 6.92 Å². The minimum absolute atomic E-state index is 0.0409. The van der Waals surface area contributed by atoms with Crippen molar-refractivity contribution < 1.29 is 24.2 Å². The third-order valence-electron chi connectivity index (χ3n) is 7.60. The predicted molar refractivity (Wildman–Crippen MR) is 118 cm³/mol. The number of β-amino-alcohol motifs (C(OH)–C–C–N with tert-alkyl or cyclic N) is 1. The molecule has 0 radical (unpaired) electrons. The number of aliphatic hydroxyl groups is 1. The summed E-state index contributed by atoms with van der Waals surface area (Å²) in [5.41, 5.74) is -2.16. The number of carbonyl (C=O) groups excluding carboxylic acids is 3. The molecule has 0 saturated carbocycles. The SMILES string of the molecule is CCCCCN1CC=C[C@]23O[C@]4(CC)C=CCN(C)C(=O)[C@@H]4[C@H]2C(=O)N(CCO)C3C1=O. The number of likely N-dealkylation sites (tertiary alicyclic amines) is 1. The summed E-state index contributed by atoms with van der Waals surface area (Å²) in [4.78, 5) is 45.9. The lowest BCUT2D eigenvalue weighted by Gasteiger charge is -2.38. The smallest absolute Gasteiger partial charge is 0.249 e. The highest BCUT2D eigenvalue weighted by atomic mass is 16.5. The predicted octanol–water partition coefficient (Wildman–Crippen LogP) is 0.957. The first kappa shape index (κ1) is 23.0. The topological polar surface area (TPSA) is 90.4 Å². The lowest BCUT2D eigenvalue weighted by atomic mass is 9.73. The number of aliphatic hydroxyl groups excluding tert-OH is 1. The van der Waals surface area contributed by atoms with Gasteiger partial charge in [0.15, 0.2) is 0 Å². The molecule has 0 aromatic heterocycles.